The van der Waals surface area contributed by atoms with Crippen molar-refractivity contribution in [2.75, 3.05) is 14.2 Å². The average Bonchev–Trinajstić information content (AvgIpc) is 2.46. The summed E-state index contributed by atoms with van der Waals surface area (Å²) in [7, 11) is 3.16. The van der Waals surface area contributed by atoms with Crippen molar-refractivity contribution in [1.29, 1.82) is 0 Å². The number of hydrogen-bond donors (Lipinski definition) is 1. The molecule has 1 aromatic carbocycles. The van der Waals surface area contributed by atoms with E-state index in [9.17, 15) is 0 Å². The molecule has 2 aromatic rings. The summed E-state index contributed by atoms with van der Waals surface area (Å²) in [4.78, 5) is 4.60. The normalized spacial score (nSPS) is 10.0. The zero-order valence-corrected chi connectivity index (χ0v) is 12.9. The van der Waals surface area contributed by atoms with Gasteiger partial charge in [-0.3, -0.25) is 0 Å². The lowest BCUT2D eigenvalue weighted by molar-refractivity contribution is 0.385. The van der Waals surface area contributed by atoms with Gasteiger partial charge in [0.25, 0.3) is 0 Å². The van der Waals surface area contributed by atoms with Gasteiger partial charge in [-0.15, -0.1) is 0 Å². The molecule has 0 fully saturated rings. The van der Waals surface area contributed by atoms with E-state index in [2.05, 4.69) is 4.98 Å². The molecular weight excluding hydrogens is 288 g/mol. The van der Waals surface area contributed by atoms with Crippen LogP contribution in [0, 0.1) is 6.92 Å². The second-order valence-corrected chi connectivity index (χ2v) is 4.79. The topological polar surface area (TPSA) is 66.6 Å². The van der Waals surface area contributed by atoms with E-state index in [1.807, 2.05) is 6.92 Å². The van der Waals surface area contributed by atoms with Gasteiger partial charge in [0.1, 0.15) is 22.2 Å². The highest BCUT2D eigenvalue weighted by atomic mass is 32.1. The number of nitrogens with zero attached hydrogens (tertiary/aromatic N) is 1. The quantitative estimate of drug-likeness (QED) is 0.857. The van der Waals surface area contributed by atoms with Crippen LogP contribution in [0.15, 0.2) is 30.3 Å². The number of pyridine rings is 1. The second kappa shape index (κ2) is 6.41. The Bertz CT molecular complexity index is 652. The lowest BCUT2D eigenvalue weighted by atomic mass is 10.2. The van der Waals surface area contributed by atoms with Crippen LogP contribution in [-0.2, 0) is 0 Å². The smallest absolute Gasteiger partial charge is 0.220 e. The van der Waals surface area contributed by atoms with Crippen LogP contribution in [0.25, 0.3) is 0 Å². The molecule has 0 aliphatic rings. The standard InChI is InChI=1S/C15H16N2O3S/c1-9-4-10(15(16)21)5-14(17-9)20-13-7-11(18-2)6-12(8-13)19-3/h4-8H,1-3H3,(H2,16,21). The number of aromatic nitrogens is 1. The predicted octanol–water partition coefficient (Wildman–Crippen LogP) is 2.83. The van der Waals surface area contributed by atoms with Crippen molar-refractivity contribution in [2.24, 2.45) is 5.73 Å². The van der Waals surface area contributed by atoms with Crippen molar-refractivity contribution in [2.45, 2.75) is 6.92 Å². The zero-order valence-electron chi connectivity index (χ0n) is 12.0. The fourth-order valence-corrected chi connectivity index (χ4v) is 1.91. The SMILES string of the molecule is COc1cc(OC)cc(Oc2cc(C(N)=S)cc(C)n2)c1. The van der Waals surface area contributed by atoms with E-state index in [1.165, 1.54) is 0 Å². The fraction of sp³-hybridized carbons (Fsp3) is 0.200. The summed E-state index contributed by atoms with van der Waals surface area (Å²) >= 11 is 4.98. The molecule has 0 spiro atoms. The summed E-state index contributed by atoms with van der Waals surface area (Å²) in [5.74, 6) is 2.23. The van der Waals surface area contributed by atoms with Crippen LogP contribution in [0.5, 0.6) is 23.1 Å². The minimum absolute atomic E-state index is 0.300. The number of thiocarbonyl (C=S) groups is 1. The molecule has 0 unspecified atom stereocenters. The van der Waals surface area contributed by atoms with Crippen LogP contribution in [0.2, 0.25) is 0 Å². The highest BCUT2D eigenvalue weighted by molar-refractivity contribution is 7.80. The Balaban J connectivity index is 2.35. The van der Waals surface area contributed by atoms with Crippen molar-refractivity contribution < 1.29 is 14.2 Å². The first kappa shape index (κ1) is 15.1. The van der Waals surface area contributed by atoms with E-state index in [-0.39, 0.29) is 0 Å². The molecule has 0 atom stereocenters. The molecule has 2 rings (SSSR count). The third-order valence-corrected chi connectivity index (χ3v) is 3.00. The molecule has 0 saturated heterocycles. The molecule has 0 saturated carbocycles. The first-order valence-electron chi connectivity index (χ1n) is 6.21. The number of aryl methyl sites for hydroxylation is 1. The van der Waals surface area contributed by atoms with Crippen LogP contribution in [-0.4, -0.2) is 24.2 Å². The van der Waals surface area contributed by atoms with Gasteiger partial charge in [-0.25, -0.2) is 4.98 Å². The maximum atomic E-state index is 5.75. The Morgan fingerprint density at radius 3 is 2.10 bits per heavy atom. The Morgan fingerprint density at radius 1 is 1.00 bits per heavy atom. The highest BCUT2D eigenvalue weighted by Gasteiger charge is 2.08. The number of nitrogens with two attached hydrogens (primary N) is 1. The van der Waals surface area contributed by atoms with E-state index < -0.39 is 0 Å². The zero-order chi connectivity index (χ0) is 15.4. The van der Waals surface area contributed by atoms with Gasteiger partial charge >= 0.3 is 0 Å². The van der Waals surface area contributed by atoms with Crippen molar-refractivity contribution in [3.8, 4) is 23.1 Å². The molecule has 1 heterocycles. The lowest BCUT2D eigenvalue weighted by Crippen LogP contribution is -2.10. The highest BCUT2D eigenvalue weighted by Crippen LogP contribution is 2.30. The summed E-state index contributed by atoms with van der Waals surface area (Å²) in [6.45, 7) is 1.85. The molecule has 5 nitrogen and oxygen atoms in total. The molecule has 0 amide bonds. The largest absolute Gasteiger partial charge is 0.496 e. The monoisotopic (exact) mass is 304 g/mol. The Labute approximate surface area is 128 Å². The maximum absolute atomic E-state index is 5.75. The van der Waals surface area contributed by atoms with E-state index in [1.54, 1.807) is 44.6 Å². The summed E-state index contributed by atoms with van der Waals surface area (Å²) < 4.78 is 16.1. The van der Waals surface area contributed by atoms with E-state index in [4.69, 9.17) is 32.2 Å². The van der Waals surface area contributed by atoms with Crippen LogP contribution in [0.4, 0.5) is 0 Å². The predicted molar refractivity (Wildman–Crippen MR) is 84.5 cm³/mol. The number of rotatable bonds is 5. The molecule has 0 radical (unpaired) electrons. The van der Waals surface area contributed by atoms with Crippen LogP contribution in [0.3, 0.4) is 0 Å². The molecular formula is C15H16N2O3S. The first-order valence-corrected chi connectivity index (χ1v) is 6.62. The van der Waals surface area contributed by atoms with Gasteiger partial charge < -0.3 is 19.9 Å². The third-order valence-electron chi connectivity index (χ3n) is 2.76. The van der Waals surface area contributed by atoms with Crippen LogP contribution in [0.1, 0.15) is 11.3 Å². The van der Waals surface area contributed by atoms with E-state index in [0.29, 0.717) is 33.7 Å². The first-order chi connectivity index (χ1) is 10.0. The molecule has 0 aliphatic heterocycles. The van der Waals surface area contributed by atoms with Crippen LogP contribution < -0.4 is 19.9 Å². The average molecular weight is 304 g/mol. The van der Waals surface area contributed by atoms with Gasteiger partial charge in [0, 0.05) is 35.5 Å². The lowest BCUT2D eigenvalue weighted by Gasteiger charge is -2.10. The maximum Gasteiger partial charge on any atom is 0.220 e. The molecule has 21 heavy (non-hydrogen) atoms. The number of benzene rings is 1. The number of ether oxygens (including phenoxy) is 3. The van der Waals surface area contributed by atoms with Gasteiger partial charge in [-0.05, 0) is 13.0 Å². The minimum atomic E-state index is 0.300. The number of methoxy groups -OCH3 is 2. The molecule has 1 aromatic heterocycles. The second-order valence-electron chi connectivity index (χ2n) is 4.35. The molecule has 0 aliphatic carbocycles. The summed E-state index contributed by atoms with van der Waals surface area (Å²) in [6.07, 6.45) is 0. The summed E-state index contributed by atoms with van der Waals surface area (Å²) in [5, 5.41) is 0. The Hall–Kier alpha value is -2.34. The van der Waals surface area contributed by atoms with Gasteiger partial charge in [0.15, 0.2) is 0 Å². The molecule has 0 bridgehead atoms. The van der Waals surface area contributed by atoms with E-state index in [0.717, 1.165) is 5.69 Å². The van der Waals surface area contributed by atoms with Gasteiger partial charge in [0.2, 0.25) is 5.88 Å². The summed E-state index contributed by atoms with van der Waals surface area (Å²) in [5.41, 5.74) is 7.12. The van der Waals surface area contributed by atoms with Gasteiger partial charge in [-0.2, -0.15) is 0 Å². The molecule has 6 heteroatoms. The van der Waals surface area contributed by atoms with Gasteiger partial charge in [-0.1, -0.05) is 12.2 Å². The van der Waals surface area contributed by atoms with Crippen molar-refractivity contribution >= 4 is 17.2 Å². The van der Waals surface area contributed by atoms with Crippen molar-refractivity contribution in [3.63, 3.8) is 0 Å². The molecule has 110 valence electrons. The Morgan fingerprint density at radius 2 is 1.57 bits per heavy atom. The Kier molecular flexibility index (Phi) is 4.59. The van der Waals surface area contributed by atoms with Crippen LogP contribution >= 0.6 is 12.2 Å². The van der Waals surface area contributed by atoms with Gasteiger partial charge in [0.05, 0.1) is 14.2 Å². The molecule has 2 N–H and O–H groups in total. The number of hydrogen-bond acceptors (Lipinski definition) is 5. The third kappa shape index (κ3) is 3.82. The minimum Gasteiger partial charge on any atom is -0.496 e. The van der Waals surface area contributed by atoms with Crippen molar-refractivity contribution in [3.05, 3.63) is 41.6 Å². The fourth-order valence-electron chi connectivity index (χ4n) is 1.79. The van der Waals surface area contributed by atoms with E-state index >= 15 is 0 Å². The van der Waals surface area contributed by atoms with Crippen molar-refractivity contribution in [1.82, 2.24) is 4.98 Å². The summed E-state index contributed by atoms with van der Waals surface area (Å²) in [6, 6.07) is 8.75.